The van der Waals surface area contributed by atoms with E-state index in [-0.39, 0.29) is 0 Å². The molecule has 4 rings (SSSR count). The van der Waals surface area contributed by atoms with Crippen molar-refractivity contribution in [2.75, 3.05) is 0 Å². The van der Waals surface area contributed by atoms with Gasteiger partial charge in [0.05, 0.1) is 0 Å². The lowest BCUT2D eigenvalue weighted by molar-refractivity contribution is 0.114. The predicted octanol–water partition coefficient (Wildman–Crippen LogP) is 11.0. The summed E-state index contributed by atoms with van der Waals surface area (Å²) in [5, 5.41) is 0. The van der Waals surface area contributed by atoms with E-state index in [1.165, 1.54) is 51.4 Å². The van der Waals surface area contributed by atoms with E-state index in [1.807, 2.05) is 0 Å². The first-order valence-electron chi connectivity index (χ1n) is 16.3. The minimum atomic E-state index is 1.06. The number of hydrogen-bond donors (Lipinski definition) is 0. The third kappa shape index (κ3) is 7.74. The van der Waals surface area contributed by atoms with Crippen LogP contribution in [0.4, 0.5) is 0 Å². The molecule has 4 fully saturated rings. The highest BCUT2D eigenvalue weighted by atomic mass is 14.4. The zero-order chi connectivity index (χ0) is 22.9. The van der Waals surface area contributed by atoms with Crippen LogP contribution in [0, 0.1) is 47.3 Å². The normalized spacial score (nSPS) is 41.3. The molecule has 0 heterocycles. The molecule has 0 bridgehead atoms. The summed E-state index contributed by atoms with van der Waals surface area (Å²) in [5.74, 6) is 8.72. The van der Waals surface area contributed by atoms with Crippen molar-refractivity contribution >= 4 is 0 Å². The van der Waals surface area contributed by atoms with Crippen LogP contribution in [0.15, 0.2) is 0 Å². The highest BCUT2D eigenvalue weighted by molar-refractivity contribution is 4.89. The van der Waals surface area contributed by atoms with Crippen molar-refractivity contribution < 1.29 is 0 Å². The Balaban J connectivity index is 1.35. The predicted molar refractivity (Wildman–Crippen MR) is 145 cm³/mol. The smallest absolute Gasteiger partial charge is 0.0380 e. The Kier molecular flexibility index (Phi) is 11.0. The van der Waals surface area contributed by atoms with Crippen LogP contribution in [-0.4, -0.2) is 0 Å². The molecule has 0 aromatic carbocycles. The van der Waals surface area contributed by atoms with Gasteiger partial charge in [-0.3, -0.25) is 0 Å². The van der Waals surface area contributed by atoms with Crippen molar-refractivity contribution in [2.45, 2.75) is 162 Å². The van der Waals surface area contributed by atoms with Gasteiger partial charge in [0, 0.05) is 0 Å². The number of hydrogen-bond acceptors (Lipinski definition) is 0. The van der Waals surface area contributed by atoms with Gasteiger partial charge >= 0.3 is 0 Å². The van der Waals surface area contributed by atoms with Crippen molar-refractivity contribution in [2.24, 2.45) is 47.3 Å². The van der Waals surface area contributed by atoms with E-state index in [4.69, 9.17) is 0 Å². The number of unbranched alkanes of at least 4 members (excludes halogenated alkanes) is 2. The van der Waals surface area contributed by atoms with Gasteiger partial charge in [0.25, 0.3) is 0 Å². The maximum absolute atomic E-state index is 2.42. The van der Waals surface area contributed by atoms with Gasteiger partial charge in [-0.15, -0.1) is 0 Å². The van der Waals surface area contributed by atoms with Crippen LogP contribution in [0.1, 0.15) is 162 Å². The molecule has 0 heteroatoms. The molecule has 4 aliphatic carbocycles. The maximum Gasteiger partial charge on any atom is -0.0380 e. The lowest BCUT2D eigenvalue weighted by Gasteiger charge is -2.39. The molecular weight excluding hydrogens is 396 g/mol. The molecule has 4 aliphatic rings. The second-order valence-corrected chi connectivity index (χ2v) is 13.6. The Morgan fingerprint density at radius 2 is 0.939 bits per heavy atom. The van der Waals surface area contributed by atoms with Gasteiger partial charge in [0.2, 0.25) is 0 Å². The summed E-state index contributed by atoms with van der Waals surface area (Å²) in [6.45, 7) is 4.79. The summed E-state index contributed by atoms with van der Waals surface area (Å²) in [5.41, 5.74) is 0. The van der Waals surface area contributed by atoms with Crippen molar-refractivity contribution in [3.63, 3.8) is 0 Å². The van der Waals surface area contributed by atoms with E-state index in [0.29, 0.717) is 0 Å². The molecule has 0 aromatic heterocycles. The Hall–Kier alpha value is 0. The number of fused-ring (bicyclic) bond motifs is 1. The molecule has 0 amide bonds. The van der Waals surface area contributed by atoms with E-state index in [2.05, 4.69) is 13.8 Å². The monoisotopic (exact) mass is 456 g/mol. The maximum atomic E-state index is 2.42. The van der Waals surface area contributed by atoms with E-state index in [9.17, 15) is 0 Å². The Morgan fingerprint density at radius 1 is 0.424 bits per heavy atom. The van der Waals surface area contributed by atoms with E-state index < -0.39 is 0 Å². The summed E-state index contributed by atoms with van der Waals surface area (Å²) in [6, 6.07) is 0. The zero-order valence-electron chi connectivity index (χ0n) is 22.9. The molecule has 0 aliphatic heterocycles. The first-order valence-corrected chi connectivity index (χ1v) is 16.3. The molecule has 0 radical (unpaired) electrons. The third-order valence-electron chi connectivity index (χ3n) is 11.5. The summed E-state index contributed by atoms with van der Waals surface area (Å²) in [4.78, 5) is 0. The van der Waals surface area contributed by atoms with Gasteiger partial charge in [-0.1, -0.05) is 110 Å². The lowest BCUT2D eigenvalue weighted by Crippen LogP contribution is -2.29. The molecule has 33 heavy (non-hydrogen) atoms. The fourth-order valence-electron chi connectivity index (χ4n) is 9.29. The van der Waals surface area contributed by atoms with Crippen LogP contribution >= 0.6 is 0 Å². The van der Waals surface area contributed by atoms with Gasteiger partial charge in [0.1, 0.15) is 0 Å². The van der Waals surface area contributed by atoms with Crippen LogP contribution in [0.3, 0.4) is 0 Å². The Bertz CT molecular complexity index is 514. The molecule has 6 atom stereocenters. The summed E-state index contributed by atoms with van der Waals surface area (Å²) in [6.07, 6.45) is 35.7. The van der Waals surface area contributed by atoms with Crippen LogP contribution in [0.2, 0.25) is 0 Å². The first kappa shape index (κ1) is 26.1. The molecular formula is C33H60. The zero-order valence-corrected chi connectivity index (χ0v) is 22.9. The second kappa shape index (κ2) is 13.9. The molecule has 0 saturated heterocycles. The molecule has 0 nitrogen and oxygen atoms in total. The van der Waals surface area contributed by atoms with E-state index >= 15 is 0 Å². The van der Waals surface area contributed by atoms with Crippen molar-refractivity contribution in [3.05, 3.63) is 0 Å². The standard InChI is InChI=1S/C33H60/c1-3-5-9-12-27-17-20-28-13-10-7-6-8-11-14-30(25-33(28)23-27)32-22-21-31(24-32)29-18-15-26(4-2)16-19-29/h26-33H,3-25H2,1-2H3. The van der Waals surface area contributed by atoms with Gasteiger partial charge in [-0.05, 0) is 98.7 Å². The second-order valence-electron chi connectivity index (χ2n) is 13.6. The summed E-state index contributed by atoms with van der Waals surface area (Å²) < 4.78 is 0. The molecule has 4 saturated carbocycles. The largest absolute Gasteiger partial charge is 0.0654 e. The molecule has 192 valence electrons. The quantitative estimate of drug-likeness (QED) is 0.334. The Morgan fingerprint density at radius 3 is 1.64 bits per heavy atom. The summed E-state index contributed by atoms with van der Waals surface area (Å²) in [7, 11) is 0. The lowest BCUT2D eigenvalue weighted by atomic mass is 9.66. The molecule has 0 spiro atoms. The highest BCUT2D eigenvalue weighted by Gasteiger charge is 2.38. The van der Waals surface area contributed by atoms with E-state index in [1.54, 1.807) is 96.3 Å². The van der Waals surface area contributed by atoms with Gasteiger partial charge in [0.15, 0.2) is 0 Å². The van der Waals surface area contributed by atoms with E-state index in [0.717, 1.165) is 47.3 Å². The molecule has 0 aromatic rings. The van der Waals surface area contributed by atoms with Crippen molar-refractivity contribution in [1.29, 1.82) is 0 Å². The van der Waals surface area contributed by atoms with Crippen LogP contribution in [0.5, 0.6) is 0 Å². The van der Waals surface area contributed by atoms with Crippen LogP contribution < -0.4 is 0 Å². The topological polar surface area (TPSA) is 0 Å². The summed E-state index contributed by atoms with van der Waals surface area (Å²) >= 11 is 0. The minimum absolute atomic E-state index is 1.06. The third-order valence-corrected chi connectivity index (χ3v) is 11.5. The van der Waals surface area contributed by atoms with Crippen molar-refractivity contribution in [3.8, 4) is 0 Å². The average molecular weight is 457 g/mol. The van der Waals surface area contributed by atoms with Gasteiger partial charge < -0.3 is 0 Å². The fraction of sp³-hybridized carbons (Fsp3) is 1.00. The van der Waals surface area contributed by atoms with Gasteiger partial charge in [-0.25, -0.2) is 0 Å². The van der Waals surface area contributed by atoms with Crippen LogP contribution in [-0.2, 0) is 0 Å². The number of rotatable bonds is 7. The van der Waals surface area contributed by atoms with Crippen molar-refractivity contribution in [1.82, 2.24) is 0 Å². The first-order chi connectivity index (χ1) is 16.3. The Labute approximate surface area is 208 Å². The highest BCUT2D eigenvalue weighted by Crippen LogP contribution is 2.50. The van der Waals surface area contributed by atoms with Crippen LogP contribution in [0.25, 0.3) is 0 Å². The SMILES string of the molecule is CCCCCC1CCC2CCCCCCCC(C3CCC(C4CCC(CC)CC4)C3)CC2C1. The average Bonchev–Trinajstić information content (AvgIpc) is 3.32. The fourth-order valence-corrected chi connectivity index (χ4v) is 9.29. The molecule has 6 unspecified atom stereocenters. The molecule has 0 N–H and O–H groups in total. The minimum Gasteiger partial charge on any atom is -0.0654 e. The van der Waals surface area contributed by atoms with Gasteiger partial charge in [-0.2, -0.15) is 0 Å².